The Morgan fingerprint density at radius 2 is 1.88 bits per heavy atom. The predicted molar refractivity (Wildman–Crippen MR) is 118 cm³/mol. The van der Waals surface area contributed by atoms with Gasteiger partial charge in [-0.3, -0.25) is 4.79 Å². The number of hydrogen-bond acceptors (Lipinski definition) is 4. The van der Waals surface area contributed by atoms with Gasteiger partial charge in [-0.15, -0.1) is 0 Å². The van der Waals surface area contributed by atoms with Gasteiger partial charge in [-0.05, 0) is 49.1 Å². The van der Waals surface area contributed by atoms with Crippen molar-refractivity contribution in [1.29, 1.82) is 0 Å². The van der Waals surface area contributed by atoms with Crippen molar-refractivity contribution in [2.24, 2.45) is 0 Å². The Kier molecular flexibility index (Phi) is 8.59. The van der Waals surface area contributed by atoms with Crippen LogP contribution in [0.2, 0.25) is 0 Å². The molecule has 1 aliphatic rings. The average Bonchev–Trinajstić information content (AvgIpc) is 2.79. The number of benzene rings is 2. The molecule has 7 heteroatoms. The van der Waals surface area contributed by atoms with Gasteiger partial charge < -0.3 is 14.8 Å². The summed E-state index contributed by atoms with van der Waals surface area (Å²) in [6, 6.07) is 11.1. The third kappa shape index (κ3) is 6.77. The fourth-order valence-corrected chi connectivity index (χ4v) is 3.89. The highest BCUT2D eigenvalue weighted by Gasteiger charge is 2.19. The number of ketones is 1. The van der Waals surface area contributed by atoms with Crippen molar-refractivity contribution < 1.29 is 27.8 Å². The number of hydrogen-bond donors (Lipinski definition) is 1. The van der Waals surface area contributed by atoms with Crippen LogP contribution in [0.15, 0.2) is 42.5 Å². The van der Waals surface area contributed by atoms with Crippen molar-refractivity contribution in [3.8, 4) is 22.6 Å². The Morgan fingerprint density at radius 3 is 2.59 bits per heavy atom. The Bertz CT molecular complexity index is 926. The minimum atomic E-state index is -3.01. The van der Waals surface area contributed by atoms with Crippen LogP contribution in [0, 0.1) is 0 Å². The smallest absolute Gasteiger partial charge is 0.412 e. The molecule has 1 saturated carbocycles. The average molecular weight is 446 g/mol. The quantitative estimate of drug-likeness (QED) is 0.434. The fraction of sp³-hybridized carbons (Fsp3) is 0.440. The first-order valence-electron chi connectivity index (χ1n) is 11.2. The van der Waals surface area contributed by atoms with Crippen LogP contribution in [-0.4, -0.2) is 24.5 Å². The van der Waals surface area contributed by atoms with Crippen molar-refractivity contribution >= 4 is 11.9 Å². The van der Waals surface area contributed by atoms with Crippen LogP contribution in [0.25, 0.3) is 11.1 Å². The number of unbranched alkanes of at least 4 members (excludes halogenated alkanes) is 1. The highest BCUT2D eigenvalue weighted by Crippen LogP contribution is 2.35. The van der Waals surface area contributed by atoms with Gasteiger partial charge in [0.15, 0.2) is 5.78 Å². The zero-order valence-corrected chi connectivity index (χ0v) is 18.2. The van der Waals surface area contributed by atoms with Crippen molar-refractivity contribution in [2.45, 2.75) is 70.9 Å². The molecule has 1 fully saturated rings. The highest BCUT2D eigenvalue weighted by molar-refractivity contribution is 5.97. The topological polar surface area (TPSA) is 64.6 Å². The van der Waals surface area contributed by atoms with Crippen LogP contribution in [0.4, 0.5) is 13.6 Å². The molecule has 0 saturated heterocycles. The predicted octanol–water partition coefficient (Wildman–Crippen LogP) is 6.75. The molecular weight excluding hydrogens is 416 g/mol. The maximum Gasteiger partial charge on any atom is 0.412 e. The monoisotopic (exact) mass is 445 g/mol. The fourth-order valence-electron chi connectivity index (χ4n) is 3.89. The summed E-state index contributed by atoms with van der Waals surface area (Å²) in [5, 5.41) is 2.86. The largest absolute Gasteiger partial charge is 0.434 e. The SMILES string of the molecule is CCCCC(=O)c1cccc(-c2cc(OC(=O)NC3CCCCC3)ccc2OC(F)F)c1. The van der Waals surface area contributed by atoms with Gasteiger partial charge in [0, 0.05) is 23.6 Å². The van der Waals surface area contributed by atoms with Crippen LogP contribution >= 0.6 is 0 Å². The van der Waals surface area contributed by atoms with Crippen molar-refractivity contribution in [1.82, 2.24) is 5.32 Å². The molecule has 0 unspecified atom stereocenters. The summed E-state index contributed by atoms with van der Waals surface area (Å²) in [4.78, 5) is 24.7. The summed E-state index contributed by atoms with van der Waals surface area (Å²) in [6.07, 6.45) is 6.68. The van der Waals surface area contributed by atoms with Crippen LogP contribution in [0.3, 0.4) is 0 Å². The summed E-state index contributed by atoms with van der Waals surface area (Å²) < 4.78 is 36.0. The van der Waals surface area contributed by atoms with Crippen LogP contribution in [-0.2, 0) is 0 Å². The number of carbonyl (C=O) groups is 2. The minimum absolute atomic E-state index is 0.00991. The first kappa shape index (κ1) is 23.7. The molecule has 1 N–H and O–H groups in total. The Hall–Kier alpha value is -2.96. The molecule has 3 rings (SSSR count). The Morgan fingerprint density at radius 1 is 1.09 bits per heavy atom. The molecule has 172 valence electrons. The molecular formula is C25H29F2NO4. The molecule has 0 bridgehead atoms. The molecule has 2 aromatic rings. The van der Waals surface area contributed by atoms with Crippen molar-refractivity contribution in [2.75, 3.05) is 0 Å². The second-order valence-electron chi connectivity index (χ2n) is 8.01. The molecule has 0 radical (unpaired) electrons. The number of halogens is 2. The van der Waals surface area contributed by atoms with Crippen LogP contribution in [0.1, 0.15) is 68.6 Å². The second-order valence-corrected chi connectivity index (χ2v) is 8.01. The molecule has 0 heterocycles. The van der Waals surface area contributed by atoms with Gasteiger partial charge in [-0.1, -0.05) is 50.8 Å². The molecule has 2 aromatic carbocycles. The maximum atomic E-state index is 13.0. The number of amides is 1. The molecule has 0 spiro atoms. The lowest BCUT2D eigenvalue weighted by Crippen LogP contribution is -2.38. The molecule has 32 heavy (non-hydrogen) atoms. The lowest BCUT2D eigenvalue weighted by molar-refractivity contribution is -0.0494. The van der Waals surface area contributed by atoms with E-state index in [1.165, 1.54) is 24.6 Å². The van der Waals surface area contributed by atoms with E-state index in [0.717, 1.165) is 38.5 Å². The zero-order chi connectivity index (χ0) is 22.9. The van der Waals surface area contributed by atoms with E-state index in [0.29, 0.717) is 23.1 Å². The van der Waals surface area contributed by atoms with Gasteiger partial charge in [-0.25, -0.2) is 4.79 Å². The summed E-state index contributed by atoms with van der Waals surface area (Å²) in [5.74, 6) is 0.139. The van der Waals surface area contributed by atoms with Gasteiger partial charge in [-0.2, -0.15) is 8.78 Å². The summed E-state index contributed by atoms with van der Waals surface area (Å²) in [5.41, 5.74) is 1.35. The Balaban J connectivity index is 1.83. The molecule has 0 aromatic heterocycles. The van der Waals surface area contributed by atoms with E-state index in [-0.39, 0.29) is 23.3 Å². The van der Waals surface area contributed by atoms with E-state index in [1.54, 1.807) is 24.3 Å². The van der Waals surface area contributed by atoms with Crippen molar-refractivity contribution in [3.63, 3.8) is 0 Å². The third-order valence-corrected chi connectivity index (χ3v) is 5.56. The van der Waals surface area contributed by atoms with Gasteiger partial charge >= 0.3 is 12.7 Å². The molecule has 5 nitrogen and oxygen atoms in total. The van der Waals surface area contributed by atoms with E-state index in [1.807, 2.05) is 6.92 Å². The number of rotatable bonds is 9. The number of Topliss-reactive ketones (excluding diaryl/α,β-unsaturated/α-hetero) is 1. The summed E-state index contributed by atoms with van der Waals surface area (Å²) in [6.45, 7) is -1.00. The standard InChI is InChI=1S/C25H29F2NO4/c1-2-3-12-22(29)18-9-7-8-17(15-18)21-16-20(13-14-23(21)32-24(26)27)31-25(30)28-19-10-5-4-6-11-19/h7-9,13-16,19,24H,2-6,10-12H2,1H3,(H,28,30). The number of ether oxygens (including phenoxy) is 2. The molecule has 0 aliphatic heterocycles. The molecule has 1 aliphatic carbocycles. The van der Waals surface area contributed by atoms with Gasteiger partial charge in [0.05, 0.1) is 0 Å². The lowest BCUT2D eigenvalue weighted by Gasteiger charge is -2.22. The van der Waals surface area contributed by atoms with Gasteiger partial charge in [0.25, 0.3) is 0 Å². The Labute approximate surface area is 187 Å². The first-order chi connectivity index (χ1) is 15.5. The van der Waals surface area contributed by atoms with Crippen molar-refractivity contribution in [3.05, 3.63) is 48.0 Å². The van der Waals surface area contributed by atoms with Crippen LogP contribution in [0.5, 0.6) is 11.5 Å². The maximum absolute atomic E-state index is 13.0. The van der Waals surface area contributed by atoms with Gasteiger partial charge in [0.1, 0.15) is 11.5 Å². The molecule has 1 amide bonds. The van der Waals surface area contributed by atoms with E-state index >= 15 is 0 Å². The highest BCUT2D eigenvalue weighted by atomic mass is 19.3. The van der Waals surface area contributed by atoms with E-state index < -0.39 is 12.7 Å². The van der Waals surface area contributed by atoms with E-state index in [2.05, 4.69) is 10.1 Å². The number of alkyl halides is 2. The third-order valence-electron chi connectivity index (χ3n) is 5.56. The molecule has 0 atom stereocenters. The number of nitrogens with one attached hydrogen (secondary N) is 1. The van der Waals surface area contributed by atoms with Gasteiger partial charge in [0.2, 0.25) is 0 Å². The summed E-state index contributed by atoms with van der Waals surface area (Å²) >= 11 is 0. The van der Waals surface area contributed by atoms with Crippen LogP contribution < -0.4 is 14.8 Å². The zero-order valence-electron chi connectivity index (χ0n) is 18.2. The minimum Gasteiger partial charge on any atom is -0.434 e. The normalized spacial score (nSPS) is 14.2. The van der Waals surface area contributed by atoms with E-state index in [4.69, 9.17) is 4.74 Å². The lowest BCUT2D eigenvalue weighted by atomic mass is 9.96. The van der Waals surface area contributed by atoms with E-state index in [9.17, 15) is 18.4 Å². The first-order valence-corrected chi connectivity index (χ1v) is 11.2. The summed E-state index contributed by atoms with van der Waals surface area (Å²) in [7, 11) is 0. The second kappa shape index (κ2) is 11.6. The number of carbonyl (C=O) groups excluding carboxylic acids is 2.